The second-order valence-corrected chi connectivity index (χ2v) is 3.50. The molecule has 3 nitrogen and oxygen atoms in total. The lowest BCUT2D eigenvalue weighted by Gasteiger charge is -1.95. The largest absolute Gasteiger partial charge is 0.365 e. The van der Waals surface area contributed by atoms with Crippen LogP contribution in [0.5, 0.6) is 0 Å². The van der Waals surface area contributed by atoms with E-state index in [2.05, 4.69) is 15.9 Å². The van der Waals surface area contributed by atoms with E-state index in [1.54, 1.807) is 18.2 Å². The molecule has 70 valence electrons. The van der Waals surface area contributed by atoms with Crippen LogP contribution in [0.1, 0.15) is 5.56 Å². The Hall–Kier alpha value is -1.60. The number of amides is 1. The average molecular weight is 251 g/mol. The molecule has 0 fully saturated rings. The maximum absolute atomic E-state index is 10.7. The fourth-order valence-electron chi connectivity index (χ4n) is 0.922. The lowest BCUT2D eigenvalue weighted by molar-refractivity contribution is -0.114. The van der Waals surface area contributed by atoms with Gasteiger partial charge in [-0.3, -0.25) is 4.79 Å². The second-order valence-electron chi connectivity index (χ2n) is 2.59. The van der Waals surface area contributed by atoms with Gasteiger partial charge in [0.05, 0.1) is 0 Å². The molecule has 0 spiro atoms. The number of nitriles is 1. The maximum atomic E-state index is 10.7. The number of halogens is 1. The summed E-state index contributed by atoms with van der Waals surface area (Å²) in [5, 5.41) is 8.60. The monoisotopic (exact) mass is 250 g/mol. The number of carbonyl (C=O) groups excluding carboxylic acids is 1. The van der Waals surface area contributed by atoms with Crippen molar-refractivity contribution in [3.63, 3.8) is 0 Å². The first-order valence-electron chi connectivity index (χ1n) is 3.80. The number of carbonyl (C=O) groups is 1. The van der Waals surface area contributed by atoms with Crippen LogP contribution in [-0.4, -0.2) is 5.91 Å². The number of hydrogen-bond acceptors (Lipinski definition) is 2. The third-order valence-corrected chi connectivity index (χ3v) is 2.04. The summed E-state index contributed by atoms with van der Waals surface area (Å²) in [7, 11) is 0. The van der Waals surface area contributed by atoms with Crippen LogP contribution < -0.4 is 5.73 Å². The smallest absolute Gasteiger partial charge is 0.259 e. The molecule has 0 atom stereocenters. The normalized spacial score (nSPS) is 10.7. The summed E-state index contributed by atoms with van der Waals surface area (Å²) in [6.45, 7) is 0. The zero-order valence-electron chi connectivity index (χ0n) is 7.20. The summed E-state index contributed by atoms with van der Waals surface area (Å²) in [5.74, 6) is -0.715. The summed E-state index contributed by atoms with van der Waals surface area (Å²) in [6, 6.07) is 8.98. The minimum Gasteiger partial charge on any atom is -0.365 e. The van der Waals surface area contributed by atoms with Crippen molar-refractivity contribution in [2.45, 2.75) is 0 Å². The average Bonchev–Trinajstić information content (AvgIpc) is 2.14. The molecule has 0 aromatic heterocycles. The summed E-state index contributed by atoms with van der Waals surface area (Å²) in [5.41, 5.74) is 5.70. The van der Waals surface area contributed by atoms with E-state index in [1.807, 2.05) is 12.1 Å². The molecule has 0 aliphatic rings. The van der Waals surface area contributed by atoms with Gasteiger partial charge in [-0.05, 0) is 23.8 Å². The number of hydrogen-bond donors (Lipinski definition) is 1. The van der Waals surface area contributed by atoms with Gasteiger partial charge in [0.25, 0.3) is 5.91 Å². The molecular weight excluding hydrogens is 244 g/mol. The molecule has 2 N–H and O–H groups in total. The minimum atomic E-state index is -0.715. The van der Waals surface area contributed by atoms with Gasteiger partial charge in [0.1, 0.15) is 11.6 Å². The first kappa shape index (κ1) is 10.5. The maximum Gasteiger partial charge on any atom is 0.259 e. The number of benzene rings is 1. The van der Waals surface area contributed by atoms with Gasteiger partial charge in [0.15, 0.2) is 0 Å². The molecule has 0 aliphatic carbocycles. The molecule has 1 amide bonds. The van der Waals surface area contributed by atoms with Gasteiger partial charge < -0.3 is 5.73 Å². The van der Waals surface area contributed by atoms with Gasteiger partial charge in [-0.15, -0.1) is 0 Å². The van der Waals surface area contributed by atoms with E-state index in [0.717, 1.165) is 10.0 Å². The molecule has 1 rings (SSSR count). The second kappa shape index (κ2) is 4.58. The Morgan fingerprint density at radius 1 is 1.57 bits per heavy atom. The molecule has 0 saturated carbocycles. The highest BCUT2D eigenvalue weighted by Crippen LogP contribution is 2.14. The Labute approximate surface area is 90.0 Å². The van der Waals surface area contributed by atoms with E-state index in [0.29, 0.717) is 0 Å². The quantitative estimate of drug-likeness (QED) is 0.643. The summed E-state index contributed by atoms with van der Waals surface area (Å²) in [4.78, 5) is 10.7. The van der Waals surface area contributed by atoms with Crippen LogP contribution in [-0.2, 0) is 4.79 Å². The number of nitrogens with two attached hydrogens (primary N) is 1. The molecule has 14 heavy (non-hydrogen) atoms. The van der Waals surface area contributed by atoms with Crippen molar-refractivity contribution >= 4 is 27.9 Å². The van der Waals surface area contributed by atoms with E-state index in [4.69, 9.17) is 11.0 Å². The number of primary amides is 1. The SMILES string of the molecule is N#C/C(=C\c1cccc(Br)c1)C(N)=O. The van der Waals surface area contributed by atoms with Crippen LogP contribution in [0.25, 0.3) is 6.08 Å². The predicted molar refractivity (Wildman–Crippen MR) is 56.9 cm³/mol. The predicted octanol–water partition coefficient (Wildman–Crippen LogP) is 1.84. The van der Waals surface area contributed by atoms with Crippen LogP contribution in [0.4, 0.5) is 0 Å². The summed E-state index contributed by atoms with van der Waals surface area (Å²) in [6.07, 6.45) is 1.45. The van der Waals surface area contributed by atoms with Crippen LogP contribution in [0.2, 0.25) is 0 Å². The molecule has 0 heterocycles. The van der Waals surface area contributed by atoms with Crippen molar-refractivity contribution in [1.29, 1.82) is 5.26 Å². The molecule has 0 bridgehead atoms. The Kier molecular flexibility index (Phi) is 3.43. The fourth-order valence-corrected chi connectivity index (χ4v) is 1.34. The lowest BCUT2D eigenvalue weighted by atomic mass is 10.1. The Bertz CT molecular complexity index is 432. The summed E-state index contributed by atoms with van der Waals surface area (Å²) < 4.78 is 0.882. The highest BCUT2D eigenvalue weighted by Gasteiger charge is 2.02. The molecule has 0 radical (unpaired) electrons. The highest BCUT2D eigenvalue weighted by molar-refractivity contribution is 9.10. The highest BCUT2D eigenvalue weighted by atomic mass is 79.9. The van der Waals surface area contributed by atoms with Gasteiger partial charge >= 0.3 is 0 Å². The molecule has 0 unspecified atom stereocenters. The fraction of sp³-hybridized carbons (Fsp3) is 0. The van der Waals surface area contributed by atoms with Crippen molar-refractivity contribution in [2.75, 3.05) is 0 Å². The molecule has 0 aliphatic heterocycles. The number of rotatable bonds is 2. The van der Waals surface area contributed by atoms with E-state index in [1.165, 1.54) is 6.08 Å². The minimum absolute atomic E-state index is 0.0527. The number of nitrogens with zero attached hydrogens (tertiary/aromatic N) is 1. The van der Waals surface area contributed by atoms with Crippen LogP contribution in [0.3, 0.4) is 0 Å². The van der Waals surface area contributed by atoms with Gasteiger partial charge in [0.2, 0.25) is 0 Å². The van der Waals surface area contributed by atoms with E-state index in [9.17, 15) is 4.79 Å². The topological polar surface area (TPSA) is 66.9 Å². The third kappa shape index (κ3) is 2.71. The Morgan fingerprint density at radius 3 is 2.79 bits per heavy atom. The molecule has 1 aromatic carbocycles. The van der Waals surface area contributed by atoms with E-state index < -0.39 is 5.91 Å². The third-order valence-electron chi connectivity index (χ3n) is 1.55. The first-order valence-corrected chi connectivity index (χ1v) is 4.60. The first-order chi connectivity index (χ1) is 6.63. The Morgan fingerprint density at radius 2 is 2.29 bits per heavy atom. The van der Waals surface area contributed by atoms with Gasteiger partial charge in [-0.1, -0.05) is 28.1 Å². The van der Waals surface area contributed by atoms with Crippen molar-refractivity contribution < 1.29 is 4.79 Å². The Balaban J connectivity index is 3.08. The van der Waals surface area contributed by atoms with E-state index >= 15 is 0 Å². The van der Waals surface area contributed by atoms with Crippen molar-refractivity contribution in [1.82, 2.24) is 0 Å². The van der Waals surface area contributed by atoms with Crippen molar-refractivity contribution in [3.05, 3.63) is 39.9 Å². The standard InChI is InChI=1S/C10H7BrN2O/c11-9-3-1-2-7(5-9)4-8(6-12)10(13)14/h1-5H,(H2,13,14)/b8-4+. The molecule has 4 heteroatoms. The van der Waals surface area contributed by atoms with Crippen LogP contribution >= 0.6 is 15.9 Å². The van der Waals surface area contributed by atoms with Crippen molar-refractivity contribution in [3.8, 4) is 6.07 Å². The van der Waals surface area contributed by atoms with Gasteiger partial charge in [-0.2, -0.15) is 5.26 Å². The molecule has 1 aromatic rings. The van der Waals surface area contributed by atoms with Crippen molar-refractivity contribution in [2.24, 2.45) is 5.73 Å². The van der Waals surface area contributed by atoms with Gasteiger partial charge in [0, 0.05) is 4.47 Å². The van der Waals surface area contributed by atoms with Crippen LogP contribution in [0.15, 0.2) is 34.3 Å². The molecular formula is C10H7BrN2O. The summed E-state index contributed by atoms with van der Waals surface area (Å²) >= 11 is 3.28. The van der Waals surface area contributed by atoms with Crippen LogP contribution in [0, 0.1) is 11.3 Å². The molecule has 0 saturated heterocycles. The lowest BCUT2D eigenvalue weighted by Crippen LogP contribution is -2.12. The zero-order chi connectivity index (χ0) is 10.6. The van der Waals surface area contributed by atoms with Gasteiger partial charge in [-0.25, -0.2) is 0 Å². The van der Waals surface area contributed by atoms with E-state index in [-0.39, 0.29) is 5.57 Å². The zero-order valence-corrected chi connectivity index (χ0v) is 8.78.